The van der Waals surface area contributed by atoms with Gasteiger partial charge in [0.25, 0.3) is 5.91 Å². The molecule has 1 N–H and O–H groups in total. The van der Waals surface area contributed by atoms with Crippen LogP contribution < -0.4 is 10.2 Å². The lowest BCUT2D eigenvalue weighted by Gasteiger charge is -2.24. The van der Waals surface area contributed by atoms with Crippen LogP contribution in [0.3, 0.4) is 0 Å². The predicted molar refractivity (Wildman–Crippen MR) is 98.7 cm³/mol. The number of carbonyl (C=O) groups excluding carboxylic acids is 1. The standard InChI is InChI=1S/C18H27N3O3S/c1-21(16-10-11-25(23,24)13-16)17-9-8-14(12-19-17)18(22)20-15-6-4-2-3-5-7-15/h8-9,12,15-16H,2-7,10-11,13H2,1H3,(H,20,22). The molecule has 25 heavy (non-hydrogen) atoms. The molecule has 2 fully saturated rings. The van der Waals surface area contributed by atoms with E-state index in [-0.39, 0.29) is 29.5 Å². The molecule has 6 nitrogen and oxygen atoms in total. The maximum atomic E-state index is 12.4. The van der Waals surface area contributed by atoms with Crippen molar-refractivity contribution in [2.24, 2.45) is 0 Å². The van der Waals surface area contributed by atoms with Crippen LogP contribution in [0.4, 0.5) is 5.82 Å². The van der Waals surface area contributed by atoms with Gasteiger partial charge in [0.15, 0.2) is 9.84 Å². The Kier molecular flexibility index (Phi) is 5.61. The van der Waals surface area contributed by atoms with Gasteiger partial charge in [-0.1, -0.05) is 25.7 Å². The van der Waals surface area contributed by atoms with Crippen LogP contribution in [0.25, 0.3) is 0 Å². The number of anilines is 1. The van der Waals surface area contributed by atoms with Gasteiger partial charge in [0.2, 0.25) is 0 Å². The fourth-order valence-electron chi connectivity index (χ4n) is 3.69. The minimum Gasteiger partial charge on any atom is -0.356 e. The Bertz CT molecular complexity index is 695. The Morgan fingerprint density at radius 1 is 1.16 bits per heavy atom. The molecule has 0 bridgehead atoms. The molecule has 1 unspecified atom stereocenters. The van der Waals surface area contributed by atoms with Crippen molar-refractivity contribution in [2.45, 2.75) is 57.0 Å². The molecule has 1 aliphatic heterocycles. The highest BCUT2D eigenvalue weighted by atomic mass is 32.2. The van der Waals surface area contributed by atoms with E-state index in [2.05, 4.69) is 10.3 Å². The number of carbonyl (C=O) groups is 1. The quantitative estimate of drug-likeness (QED) is 0.827. The summed E-state index contributed by atoms with van der Waals surface area (Å²) in [5.74, 6) is 1.05. The van der Waals surface area contributed by atoms with E-state index in [1.165, 1.54) is 25.7 Å². The van der Waals surface area contributed by atoms with Crippen molar-refractivity contribution in [1.29, 1.82) is 0 Å². The molecule has 0 radical (unpaired) electrons. The number of pyridine rings is 1. The second-order valence-corrected chi connectivity index (χ2v) is 9.46. The van der Waals surface area contributed by atoms with Crippen molar-refractivity contribution < 1.29 is 13.2 Å². The van der Waals surface area contributed by atoms with E-state index in [1.54, 1.807) is 18.3 Å². The van der Waals surface area contributed by atoms with E-state index in [4.69, 9.17) is 0 Å². The lowest BCUT2D eigenvalue weighted by molar-refractivity contribution is 0.0933. The van der Waals surface area contributed by atoms with Gasteiger partial charge < -0.3 is 10.2 Å². The fourth-order valence-corrected chi connectivity index (χ4v) is 5.46. The lowest BCUT2D eigenvalue weighted by atomic mass is 10.1. The van der Waals surface area contributed by atoms with E-state index in [0.717, 1.165) is 12.8 Å². The molecule has 2 heterocycles. The summed E-state index contributed by atoms with van der Waals surface area (Å²) in [7, 11) is -1.06. The summed E-state index contributed by atoms with van der Waals surface area (Å²) >= 11 is 0. The largest absolute Gasteiger partial charge is 0.356 e. The molecule has 1 aromatic heterocycles. The fraction of sp³-hybridized carbons (Fsp3) is 0.667. The summed E-state index contributed by atoms with van der Waals surface area (Å²) in [5, 5.41) is 3.12. The molecule has 0 aromatic carbocycles. The number of nitrogens with zero attached hydrogens (tertiary/aromatic N) is 2. The van der Waals surface area contributed by atoms with Gasteiger partial charge in [-0.05, 0) is 31.4 Å². The number of rotatable bonds is 4. The highest BCUT2D eigenvalue weighted by Gasteiger charge is 2.31. The van der Waals surface area contributed by atoms with Crippen molar-refractivity contribution in [3.63, 3.8) is 0 Å². The van der Waals surface area contributed by atoms with Gasteiger partial charge in [-0.2, -0.15) is 0 Å². The molecule has 3 rings (SSSR count). The van der Waals surface area contributed by atoms with Gasteiger partial charge in [-0.15, -0.1) is 0 Å². The molecule has 0 spiro atoms. The van der Waals surface area contributed by atoms with E-state index in [1.807, 2.05) is 11.9 Å². The monoisotopic (exact) mass is 365 g/mol. The SMILES string of the molecule is CN(c1ccc(C(=O)NC2CCCCCC2)cn1)C1CCS(=O)(=O)C1. The van der Waals surface area contributed by atoms with E-state index >= 15 is 0 Å². The number of sulfone groups is 1. The third-order valence-electron chi connectivity index (χ3n) is 5.32. The van der Waals surface area contributed by atoms with E-state index in [0.29, 0.717) is 17.8 Å². The van der Waals surface area contributed by atoms with Crippen LogP contribution in [-0.2, 0) is 9.84 Å². The molecular weight excluding hydrogens is 338 g/mol. The van der Waals surface area contributed by atoms with Crippen LogP contribution in [0.5, 0.6) is 0 Å². The third-order valence-corrected chi connectivity index (χ3v) is 7.07. The van der Waals surface area contributed by atoms with E-state index < -0.39 is 9.84 Å². The van der Waals surface area contributed by atoms with Crippen LogP contribution in [-0.4, -0.2) is 49.9 Å². The first-order chi connectivity index (χ1) is 11.9. The minimum atomic E-state index is -2.92. The van der Waals surface area contributed by atoms with Crippen LogP contribution >= 0.6 is 0 Å². The number of hydrogen-bond acceptors (Lipinski definition) is 5. The molecular formula is C18H27N3O3S. The predicted octanol–water partition coefficient (Wildman–Crippen LogP) is 2.16. The third kappa shape index (κ3) is 4.71. The first kappa shape index (κ1) is 18.2. The molecule has 1 saturated heterocycles. The number of amides is 1. The Balaban J connectivity index is 1.60. The van der Waals surface area contributed by atoms with Gasteiger partial charge in [0.05, 0.1) is 17.1 Å². The molecule has 1 atom stereocenters. The van der Waals surface area contributed by atoms with Crippen molar-refractivity contribution in [3.8, 4) is 0 Å². The van der Waals surface area contributed by atoms with Gasteiger partial charge in [-0.25, -0.2) is 13.4 Å². The first-order valence-corrected chi connectivity index (χ1v) is 11.0. The van der Waals surface area contributed by atoms with Crippen molar-refractivity contribution >= 4 is 21.6 Å². The summed E-state index contributed by atoms with van der Waals surface area (Å²) in [6.07, 6.45) is 9.18. The average Bonchev–Trinajstić information content (AvgIpc) is 2.80. The van der Waals surface area contributed by atoms with Gasteiger partial charge in [0.1, 0.15) is 5.82 Å². The number of aromatic nitrogens is 1. The maximum Gasteiger partial charge on any atom is 0.253 e. The summed E-state index contributed by atoms with van der Waals surface area (Å²) in [5.41, 5.74) is 0.556. The van der Waals surface area contributed by atoms with Gasteiger partial charge in [-0.3, -0.25) is 4.79 Å². The summed E-state index contributed by atoms with van der Waals surface area (Å²) in [6.45, 7) is 0. The van der Waals surface area contributed by atoms with Crippen molar-refractivity contribution in [2.75, 3.05) is 23.5 Å². The van der Waals surface area contributed by atoms with E-state index in [9.17, 15) is 13.2 Å². The normalized spacial score (nSPS) is 23.8. The second-order valence-electron chi connectivity index (χ2n) is 7.23. The van der Waals surface area contributed by atoms with Crippen molar-refractivity contribution in [1.82, 2.24) is 10.3 Å². The highest BCUT2D eigenvalue weighted by Crippen LogP contribution is 2.22. The number of hydrogen-bond donors (Lipinski definition) is 1. The zero-order chi connectivity index (χ0) is 17.9. The zero-order valence-corrected chi connectivity index (χ0v) is 15.6. The lowest BCUT2D eigenvalue weighted by Crippen LogP contribution is -2.35. The van der Waals surface area contributed by atoms with Gasteiger partial charge >= 0.3 is 0 Å². The maximum absolute atomic E-state index is 12.4. The Hall–Kier alpha value is -1.63. The molecule has 1 amide bonds. The summed E-state index contributed by atoms with van der Waals surface area (Å²) in [6, 6.07) is 3.80. The Morgan fingerprint density at radius 2 is 1.88 bits per heavy atom. The Morgan fingerprint density at radius 3 is 2.44 bits per heavy atom. The van der Waals surface area contributed by atoms with Gasteiger partial charge in [0, 0.05) is 25.3 Å². The van der Waals surface area contributed by atoms with Crippen LogP contribution in [0, 0.1) is 0 Å². The zero-order valence-electron chi connectivity index (χ0n) is 14.8. The summed E-state index contributed by atoms with van der Waals surface area (Å²) in [4.78, 5) is 18.7. The minimum absolute atomic E-state index is 0.0387. The van der Waals surface area contributed by atoms with Crippen LogP contribution in [0.2, 0.25) is 0 Å². The second kappa shape index (κ2) is 7.72. The van der Waals surface area contributed by atoms with Crippen LogP contribution in [0.1, 0.15) is 55.3 Å². The molecule has 1 aromatic rings. The number of nitrogens with one attached hydrogen (secondary N) is 1. The van der Waals surface area contributed by atoms with Crippen molar-refractivity contribution in [3.05, 3.63) is 23.9 Å². The molecule has 138 valence electrons. The smallest absolute Gasteiger partial charge is 0.253 e. The Labute approximate surface area is 149 Å². The highest BCUT2D eigenvalue weighted by molar-refractivity contribution is 7.91. The molecule has 2 aliphatic rings. The molecule has 1 aliphatic carbocycles. The average molecular weight is 365 g/mol. The first-order valence-electron chi connectivity index (χ1n) is 9.15. The summed E-state index contributed by atoms with van der Waals surface area (Å²) < 4.78 is 23.3. The molecule has 7 heteroatoms. The topological polar surface area (TPSA) is 79.4 Å². The molecule has 1 saturated carbocycles. The van der Waals surface area contributed by atoms with Crippen LogP contribution in [0.15, 0.2) is 18.3 Å².